The van der Waals surface area contributed by atoms with Gasteiger partial charge in [-0.3, -0.25) is 9.79 Å². The molecule has 5 nitrogen and oxygen atoms in total. The van der Waals surface area contributed by atoms with Gasteiger partial charge in [0.05, 0.1) is 6.54 Å². The Morgan fingerprint density at radius 3 is 2.24 bits per heavy atom. The Morgan fingerprint density at radius 2 is 1.59 bits per heavy atom. The van der Waals surface area contributed by atoms with Gasteiger partial charge in [-0.15, -0.1) is 24.0 Å². The second-order valence-electron chi connectivity index (χ2n) is 6.73. The molecule has 0 atom stereocenters. The summed E-state index contributed by atoms with van der Waals surface area (Å²) in [5.41, 5.74) is 3.52. The molecule has 0 bridgehead atoms. The van der Waals surface area contributed by atoms with Crippen molar-refractivity contribution in [2.45, 2.75) is 19.6 Å². The van der Waals surface area contributed by atoms with Crippen LogP contribution in [0.1, 0.15) is 16.7 Å². The number of hydrogen-bond donors (Lipinski definition) is 1. The summed E-state index contributed by atoms with van der Waals surface area (Å²) in [5, 5.41) is 3.40. The SMILES string of the molecule is CN=C(NCc1ccc(Cn2ccccc2=O)cc1)N(C)Cc1ccccc1.I. The fraction of sp³-hybridized carbons (Fsp3) is 0.217. The van der Waals surface area contributed by atoms with E-state index in [1.54, 1.807) is 23.7 Å². The van der Waals surface area contributed by atoms with Gasteiger partial charge in [0, 0.05) is 39.4 Å². The van der Waals surface area contributed by atoms with E-state index in [1.807, 2.05) is 37.5 Å². The fourth-order valence-electron chi connectivity index (χ4n) is 3.05. The minimum Gasteiger partial charge on any atom is -0.352 e. The van der Waals surface area contributed by atoms with Crippen molar-refractivity contribution in [3.05, 3.63) is 106 Å². The molecule has 0 amide bonds. The number of hydrogen-bond acceptors (Lipinski definition) is 2. The molecule has 29 heavy (non-hydrogen) atoms. The van der Waals surface area contributed by atoms with Crippen LogP contribution < -0.4 is 10.9 Å². The van der Waals surface area contributed by atoms with Crippen LogP contribution in [0.2, 0.25) is 0 Å². The Labute approximate surface area is 189 Å². The Hall–Kier alpha value is -2.61. The number of guanidine groups is 1. The van der Waals surface area contributed by atoms with Crippen LogP contribution in [0.15, 0.2) is 88.8 Å². The van der Waals surface area contributed by atoms with Gasteiger partial charge in [-0.05, 0) is 22.8 Å². The van der Waals surface area contributed by atoms with Crippen molar-refractivity contribution < 1.29 is 0 Å². The van der Waals surface area contributed by atoms with Crippen molar-refractivity contribution in [2.75, 3.05) is 14.1 Å². The summed E-state index contributed by atoms with van der Waals surface area (Å²) in [6.07, 6.45) is 1.81. The third kappa shape index (κ3) is 6.74. The lowest BCUT2D eigenvalue weighted by Gasteiger charge is -2.22. The Bertz CT molecular complexity index is 968. The van der Waals surface area contributed by atoms with Gasteiger partial charge in [-0.25, -0.2) is 0 Å². The summed E-state index contributed by atoms with van der Waals surface area (Å²) in [5.74, 6) is 0.851. The number of aromatic nitrogens is 1. The topological polar surface area (TPSA) is 49.6 Å². The highest BCUT2D eigenvalue weighted by atomic mass is 127. The molecule has 3 aromatic rings. The number of nitrogens with zero attached hydrogens (tertiary/aromatic N) is 3. The predicted molar refractivity (Wildman–Crippen MR) is 130 cm³/mol. The summed E-state index contributed by atoms with van der Waals surface area (Å²) >= 11 is 0. The minimum atomic E-state index is 0. The predicted octanol–water partition coefficient (Wildman–Crippen LogP) is 3.72. The number of halogens is 1. The van der Waals surface area contributed by atoms with E-state index < -0.39 is 0 Å². The van der Waals surface area contributed by atoms with Gasteiger partial charge in [0.25, 0.3) is 5.56 Å². The number of benzene rings is 2. The van der Waals surface area contributed by atoms with Crippen molar-refractivity contribution in [3.8, 4) is 0 Å². The summed E-state index contributed by atoms with van der Waals surface area (Å²) < 4.78 is 1.70. The van der Waals surface area contributed by atoms with Crippen LogP contribution in [0.5, 0.6) is 0 Å². The molecule has 0 aliphatic heterocycles. The number of aliphatic imine (C=N–C) groups is 1. The zero-order valence-electron chi connectivity index (χ0n) is 16.8. The standard InChI is InChI=1S/C23H26N4O.HI/c1-24-23(26(2)17-20-8-4-3-5-9-20)25-16-19-11-13-21(14-12-19)18-27-15-7-6-10-22(27)28;/h3-15H,16-18H2,1-2H3,(H,24,25);1H. The Balaban J connectivity index is 0.00000300. The third-order valence-corrected chi connectivity index (χ3v) is 4.56. The Kier molecular flexibility index (Phi) is 8.92. The third-order valence-electron chi connectivity index (χ3n) is 4.56. The molecule has 1 heterocycles. The van der Waals surface area contributed by atoms with Crippen LogP contribution in [0, 0.1) is 0 Å². The molecular formula is C23H27IN4O. The molecule has 0 aliphatic rings. The van der Waals surface area contributed by atoms with Crippen LogP contribution >= 0.6 is 24.0 Å². The molecule has 152 valence electrons. The number of nitrogens with one attached hydrogen (secondary N) is 1. The zero-order chi connectivity index (χ0) is 19.8. The van der Waals surface area contributed by atoms with Crippen LogP contribution in [-0.4, -0.2) is 29.5 Å². The molecule has 3 rings (SSSR count). The molecule has 1 aromatic heterocycles. The summed E-state index contributed by atoms with van der Waals surface area (Å²) in [6, 6.07) is 23.8. The quantitative estimate of drug-likeness (QED) is 0.318. The van der Waals surface area contributed by atoms with E-state index in [2.05, 4.69) is 51.6 Å². The fourth-order valence-corrected chi connectivity index (χ4v) is 3.05. The van der Waals surface area contributed by atoms with Gasteiger partial charge in [0.1, 0.15) is 0 Å². The summed E-state index contributed by atoms with van der Waals surface area (Å²) in [7, 11) is 3.83. The largest absolute Gasteiger partial charge is 0.352 e. The van der Waals surface area contributed by atoms with E-state index in [0.29, 0.717) is 13.1 Å². The van der Waals surface area contributed by atoms with Gasteiger partial charge < -0.3 is 14.8 Å². The molecule has 0 aliphatic carbocycles. The first-order valence-electron chi connectivity index (χ1n) is 9.34. The van der Waals surface area contributed by atoms with E-state index in [4.69, 9.17) is 0 Å². The first-order valence-corrected chi connectivity index (χ1v) is 9.34. The average molecular weight is 502 g/mol. The van der Waals surface area contributed by atoms with Crippen molar-refractivity contribution in [1.82, 2.24) is 14.8 Å². The zero-order valence-corrected chi connectivity index (χ0v) is 19.1. The molecule has 0 saturated carbocycles. The smallest absolute Gasteiger partial charge is 0.250 e. The van der Waals surface area contributed by atoms with Crippen LogP contribution in [0.4, 0.5) is 0 Å². The highest BCUT2D eigenvalue weighted by molar-refractivity contribution is 14.0. The molecule has 6 heteroatoms. The molecular weight excluding hydrogens is 475 g/mol. The average Bonchev–Trinajstić information content (AvgIpc) is 2.72. The first kappa shape index (κ1) is 22.7. The highest BCUT2D eigenvalue weighted by Crippen LogP contribution is 2.07. The van der Waals surface area contributed by atoms with Crippen molar-refractivity contribution in [1.29, 1.82) is 0 Å². The normalized spacial score (nSPS) is 10.9. The van der Waals surface area contributed by atoms with Crippen molar-refractivity contribution in [2.24, 2.45) is 4.99 Å². The molecule has 0 fully saturated rings. The minimum absolute atomic E-state index is 0. The maximum Gasteiger partial charge on any atom is 0.250 e. The second kappa shape index (κ2) is 11.4. The maximum absolute atomic E-state index is 11.8. The van der Waals surface area contributed by atoms with Crippen molar-refractivity contribution >= 4 is 29.9 Å². The Morgan fingerprint density at radius 1 is 0.931 bits per heavy atom. The van der Waals surface area contributed by atoms with Gasteiger partial charge >= 0.3 is 0 Å². The van der Waals surface area contributed by atoms with Crippen LogP contribution in [0.25, 0.3) is 0 Å². The van der Waals surface area contributed by atoms with E-state index in [-0.39, 0.29) is 29.5 Å². The molecule has 1 N–H and O–H groups in total. The van der Waals surface area contributed by atoms with Gasteiger partial charge in [-0.2, -0.15) is 0 Å². The number of rotatable bonds is 6. The van der Waals surface area contributed by atoms with Crippen LogP contribution in [0.3, 0.4) is 0 Å². The van der Waals surface area contributed by atoms with Crippen LogP contribution in [-0.2, 0) is 19.6 Å². The van der Waals surface area contributed by atoms with Gasteiger partial charge in [0.15, 0.2) is 5.96 Å². The molecule has 0 spiro atoms. The van der Waals surface area contributed by atoms with Gasteiger partial charge in [0.2, 0.25) is 0 Å². The summed E-state index contributed by atoms with van der Waals surface area (Å²) in [4.78, 5) is 18.3. The molecule has 0 saturated heterocycles. The summed E-state index contributed by atoms with van der Waals surface area (Å²) in [6.45, 7) is 2.07. The molecule has 0 radical (unpaired) electrons. The first-order chi connectivity index (χ1) is 13.7. The number of pyridine rings is 1. The lowest BCUT2D eigenvalue weighted by molar-refractivity contribution is 0.476. The lowest BCUT2D eigenvalue weighted by Crippen LogP contribution is -2.38. The maximum atomic E-state index is 11.8. The highest BCUT2D eigenvalue weighted by Gasteiger charge is 2.06. The lowest BCUT2D eigenvalue weighted by atomic mass is 10.1. The van der Waals surface area contributed by atoms with Gasteiger partial charge in [-0.1, -0.05) is 60.7 Å². The molecule has 0 unspecified atom stereocenters. The molecule has 2 aromatic carbocycles. The van der Waals surface area contributed by atoms with E-state index >= 15 is 0 Å². The van der Waals surface area contributed by atoms with Crippen molar-refractivity contribution in [3.63, 3.8) is 0 Å². The monoisotopic (exact) mass is 502 g/mol. The van der Waals surface area contributed by atoms with E-state index in [9.17, 15) is 4.79 Å². The van der Waals surface area contributed by atoms with E-state index in [1.165, 1.54) is 11.1 Å². The van der Waals surface area contributed by atoms with E-state index in [0.717, 1.165) is 18.1 Å². The second-order valence-corrected chi connectivity index (χ2v) is 6.73.